The van der Waals surface area contributed by atoms with Crippen LogP contribution in [0.15, 0.2) is 48.5 Å². The van der Waals surface area contributed by atoms with Gasteiger partial charge in [-0.05, 0) is 43.1 Å². The highest BCUT2D eigenvalue weighted by Gasteiger charge is 1.99. The molecule has 0 heterocycles. The molecule has 0 unspecified atom stereocenters. The van der Waals surface area contributed by atoms with Crippen molar-refractivity contribution in [3.8, 4) is 5.75 Å². The van der Waals surface area contributed by atoms with Crippen molar-refractivity contribution < 1.29 is 9.84 Å². The lowest BCUT2D eigenvalue weighted by Crippen LogP contribution is -2.15. The molecule has 2 rings (SSSR count). The molecular formula is C18H23NO2. The van der Waals surface area contributed by atoms with E-state index in [4.69, 9.17) is 9.84 Å². The monoisotopic (exact) mass is 285 g/mol. The van der Waals surface area contributed by atoms with Gasteiger partial charge in [-0.1, -0.05) is 42.0 Å². The fraction of sp³-hybridized carbons (Fsp3) is 0.333. The Morgan fingerprint density at radius 1 is 1.05 bits per heavy atom. The Labute approximate surface area is 126 Å². The Morgan fingerprint density at radius 3 is 2.62 bits per heavy atom. The van der Waals surface area contributed by atoms with Gasteiger partial charge in [-0.25, -0.2) is 0 Å². The van der Waals surface area contributed by atoms with Gasteiger partial charge in [0.05, 0.1) is 0 Å². The fourth-order valence-corrected chi connectivity index (χ4v) is 2.03. The lowest BCUT2D eigenvalue weighted by Gasteiger charge is -2.09. The van der Waals surface area contributed by atoms with Crippen LogP contribution in [0, 0.1) is 6.92 Å². The number of aryl methyl sites for hydroxylation is 1. The quantitative estimate of drug-likeness (QED) is 0.733. The van der Waals surface area contributed by atoms with E-state index in [2.05, 4.69) is 48.6 Å². The van der Waals surface area contributed by atoms with Gasteiger partial charge in [0, 0.05) is 13.2 Å². The molecule has 0 aromatic heterocycles. The molecule has 2 aromatic rings. The van der Waals surface area contributed by atoms with E-state index in [1.54, 1.807) is 0 Å². The number of benzene rings is 2. The summed E-state index contributed by atoms with van der Waals surface area (Å²) in [6.45, 7) is 4.51. The van der Waals surface area contributed by atoms with Crippen LogP contribution in [0.2, 0.25) is 0 Å². The first kappa shape index (κ1) is 15.5. The zero-order valence-electron chi connectivity index (χ0n) is 12.5. The summed E-state index contributed by atoms with van der Waals surface area (Å²) in [7, 11) is 0. The fourth-order valence-electron chi connectivity index (χ4n) is 2.03. The molecule has 0 radical (unpaired) electrons. The molecule has 0 aliphatic heterocycles. The van der Waals surface area contributed by atoms with Crippen molar-refractivity contribution in [3.05, 3.63) is 65.2 Å². The van der Waals surface area contributed by atoms with Crippen LogP contribution in [0.1, 0.15) is 23.1 Å². The molecule has 0 aliphatic carbocycles. The van der Waals surface area contributed by atoms with Crippen LogP contribution in [-0.2, 0) is 13.2 Å². The van der Waals surface area contributed by atoms with Crippen LogP contribution < -0.4 is 10.1 Å². The summed E-state index contributed by atoms with van der Waals surface area (Å²) in [6, 6.07) is 16.5. The standard InChI is InChI=1S/C18H23NO2/c1-15-6-8-16(9-7-15)14-21-18-5-2-4-17(12-18)13-19-10-3-11-20/h2,4-9,12,19-20H,3,10-11,13-14H2,1H3. The van der Waals surface area contributed by atoms with Crippen LogP contribution >= 0.6 is 0 Å². The molecule has 2 aromatic carbocycles. The zero-order chi connectivity index (χ0) is 14.9. The molecule has 0 bridgehead atoms. The third-order valence-electron chi connectivity index (χ3n) is 3.27. The number of hydrogen-bond donors (Lipinski definition) is 2. The molecule has 0 fully saturated rings. The minimum absolute atomic E-state index is 0.229. The first-order valence-electron chi connectivity index (χ1n) is 7.37. The minimum atomic E-state index is 0.229. The van der Waals surface area contributed by atoms with Gasteiger partial charge in [0.15, 0.2) is 0 Å². The minimum Gasteiger partial charge on any atom is -0.489 e. The Balaban J connectivity index is 1.84. The number of rotatable bonds is 8. The van der Waals surface area contributed by atoms with Crippen molar-refractivity contribution in [2.24, 2.45) is 0 Å². The highest BCUT2D eigenvalue weighted by molar-refractivity contribution is 5.29. The normalized spacial score (nSPS) is 10.6. The number of aliphatic hydroxyl groups excluding tert-OH is 1. The smallest absolute Gasteiger partial charge is 0.120 e. The van der Waals surface area contributed by atoms with E-state index >= 15 is 0 Å². The van der Waals surface area contributed by atoms with Crippen molar-refractivity contribution >= 4 is 0 Å². The van der Waals surface area contributed by atoms with Crippen molar-refractivity contribution in [1.82, 2.24) is 5.32 Å². The number of aliphatic hydroxyl groups is 1. The molecular weight excluding hydrogens is 262 g/mol. The van der Waals surface area contributed by atoms with Crippen LogP contribution in [0.3, 0.4) is 0 Å². The van der Waals surface area contributed by atoms with Crippen LogP contribution in [0.5, 0.6) is 5.75 Å². The van der Waals surface area contributed by atoms with E-state index in [0.29, 0.717) is 6.61 Å². The molecule has 3 nitrogen and oxygen atoms in total. The zero-order valence-corrected chi connectivity index (χ0v) is 12.5. The van der Waals surface area contributed by atoms with Crippen molar-refractivity contribution in [1.29, 1.82) is 0 Å². The molecule has 0 atom stereocenters. The summed E-state index contributed by atoms with van der Waals surface area (Å²) < 4.78 is 5.83. The second-order valence-electron chi connectivity index (χ2n) is 5.18. The molecule has 0 saturated heterocycles. The predicted molar refractivity (Wildman–Crippen MR) is 85.4 cm³/mol. The van der Waals surface area contributed by atoms with Gasteiger partial charge < -0.3 is 15.2 Å². The maximum Gasteiger partial charge on any atom is 0.120 e. The highest BCUT2D eigenvalue weighted by atomic mass is 16.5. The second kappa shape index (κ2) is 8.45. The Hall–Kier alpha value is -1.84. The maximum atomic E-state index is 8.74. The molecule has 2 N–H and O–H groups in total. The van der Waals surface area contributed by atoms with Gasteiger partial charge in [0.25, 0.3) is 0 Å². The molecule has 0 saturated carbocycles. The van der Waals surface area contributed by atoms with Gasteiger partial charge in [-0.2, -0.15) is 0 Å². The summed E-state index contributed by atoms with van der Waals surface area (Å²) >= 11 is 0. The molecule has 0 aliphatic rings. The third-order valence-corrected chi connectivity index (χ3v) is 3.27. The first-order valence-corrected chi connectivity index (χ1v) is 7.37. The number of ether oxygens (including phenoxy) is 1. The van der Waals surface area contributed by atoms with Crippen molar-refractivity contribution in [2.45, 2.75) is 26.5 Å². The van der Waals surface area contributed by atoms with E-state index in [1.165, 1.54) is 16.7 Å². The third kappa shape index (κ3) is 5.58. The van der Waals surface area contributed by atoms with E-state index < -0.39 is 0 Å². The average Bonchev–Trinajstić information content (AvgIpc) is 2.52. The maximum absolute atomic E-state index is 8.74. The predicted octanol–water partition coefficient (Wildman–Crippen LogP) is 3.05. The Kier molecular flexibility index (Phi) is 6.25. The van der Waals surface area contributed by atoms with Crippen molar-refractivity contribution in [2.75, 3.05) is 13.2 Å². The Morgan fingerprint density at radius 2 is 1.86 bits per heavy atom. The first-order chi connectivity index (χ1) is 10.3. The summed E-state index contributed by atoms with van der Waals surface area (Å²) in [5, 5.41) is 12.0. The average molecular weight is 285 g/mol. The molecule has 0 spiro atoms. The van der Waals surface area contributed by atoms with Gasteiger partial charge in [0.2, 0.25) is 0 Å². The van der Waals surface area contributed by atoms with Gasteiger partial charge in [0.1, 0.15) is 12.4 Å². The molecule has 0 amide bonds. The van der Waals surface area contributed by atoms with E-state index in [1.807, 2.05) is 12.1 Å². The van der Waals surface area contributed by atoms with Gasteiger partial charge in [-0.15, -0.1) is 0 Å². The van der Waals surface area contributed by atoms with Crippen molar-refractivity contribution in [3.63, 3.8) is 0 Å². The lowest BCUT2D eigenvalue weighted by molar-refractivity contribution is 0.286. The van der Waals surface area contributed by atoms with Gasteiger partial charge in [-0.3, -0.25) is 0 Å². The molecule has 112 valence electrons. The van der Waals surface area contributed by atoms with Crippen LogP contribution in [0.25, 0.3) is 0 Å². The molecule has 21 heavy (non-hydrogen) atoms. The highest BCUT2D eigenvalue weighted by Crippen LogP contribution is 2.15. The summed E-state index contributed by atoms with van der Waals surface area (Å²) in [5.74, 6) is 0.886. The second-order valence-corrected chi connectivity index (χ2v) is 5.18. The van der Waals surface area contributed by atoms with E-state index in [9.17, 15) is 0 Å². The van der Waals surface area contributed by atoms with E-state index in [-0.39, 0.29) is 6.61 Å². The SMILES string of the molecule is Cc1ccc(COc2cccc(CNCCCO)c2)cc1. The topological polar surface area (TPSA) is 41.5 Å². The summed E-state index contributed by atoms with van der Waals surface area (Å²) in [4.78, 5) is 0. The van der Waals surface area contributed by atoms with Crippen LogP contribution in [-0.4, -0.2) is 18.3 Å². The largest absolute Gasteiger partial charge is 0.489 e. The Bertz CT molecular complexity index is 537. The number of nitrogens with one attached hydrogen (secondary N) is 1. The summed E-state index contributed by atoms with van der Waals surface area (Å²) in [6.07, 6.45) is 0.781. The van der Waals surface area contributed by atoms with Gasteiger partial charge >= 0.3 is 0 Å². The summed E-state index contributed by atoms with van der Waals surface area (Å²) in [5.41, 5.74) is 3.62. The van der Waals surface area contributed by atoms with E-state index in [0.717, 1.165) is 25.3 Å². The lowest BCUT2D eigenvalue weighted by atomic mass is 10.2. The number of hydrogen-bond acceptors (Lipinski definition) is 3. The molecule has 3 heteroatoms. The van der Waals surface area contributed by atoms with Crippen LogP contribution in [0.4, 0.5) is 0 Å².